The highest BCUT2D eigenvalue weighted by atomic mass is 16.9. The first-order valence-electron chi connectivity index (χ1n) is 11.6. The van der Waals surface area contributed by atoms with Crippen molar-refractivity contribution in [3.05, 3.63) is 23.8 Å². The maximum Gasteiger partial charge on any atom is 0.281 e. The summed E-state index contributed by atoms with van der Waals surface area (Å²) in [6, 6.07) is 0. The van der Waals surface area contributed by atoms with Crippen molar-refractivity contribution in [3.63, 3.8) is 0 Å². The average Bonchev–Trinajstić information content (AvgIpc) is 2.98. The van der Waals surface area contributed by atoms with Crippen LogP contribution in [0.5, 0.6) is 0 Å². The van der Waals surface area contributed by atoms with Gasteiger partial charge in [-0.2, -0.15) is 0 Å². The fraction of sp³-hybridized carbons (Fsp3) is 0.720. The topological polar surface area (TPSA) is 78.9 Å². The summed E-state index contributed by atoms with van der Waals surface area (Å²) in [5.74, 6) is -0.949. The van der Waals surface area contributed by atoms with Gasteiger partial charge < -0.3 is 14.2 Å². The molecule has 3 saturated carbocycles. The molecule has 5 rings (SSSR count). The third-order valence-corrected chi connectivity index (χ3v) is 9.06. The molecule has 168 valence electrons. The third kappa shape index (κ3) is 2.71. The van der Waals surface area contributed by atoms with Crippen LogP contribution in [0.3, 0.4) is 0 Å². The van der Waals surface area contributed by atoms with Crippen LogP contribution in [0.4, 0.5) is 0 Å². The fourth-order valence-electron chi connectivity index (χ4n) is 7.69. The Bertz CT molecular complexity index is 919. The van der Waals surface area contributed by atoms with Gasteiger partial charge in [-0.15, -0.1) is 0 Å². The van der Waals surface area contributed by atoms with E-state index in [-0.39, 0.29) is 41.7 Å². The molecule has 4 fully saturated rings. The lowest BCUT2D eigenvalue weighted by atomic mass is 9.46. The summed E-state index contributed by atoms with van der Waals surface area (Å²) in [6.45, 7) is 8.11. The standard InChI is InChI=1S/C25H32O6/c1-5-29-24(4)30-14-20(28)25(31-24)11-9-18-17-7-6-15-12-16(26)8-10-22(15,2)21(17)19(27)13-23(18,25)3/h8,10,12,17-18,21H,5-7,9,11,13-14H2,1-4H3/t17-,18+,21-,22-,23-,24+,25-/m0/s1. The lowest BCUT2D eigenvalue weighted by Crippen LogP contribution is -2.66. The Labute approximate surface area is 183 Å². The van der Waals surface area contributed by atoms with E-state index in [9.17, 15) is 14.4 Å². The van der Waals surface area contributed by atoms with Crippen molar-refractivity contribution in [2.75, 3.05) is 13.2 Å². The number of carbonyl (C=O) groups is 3. The second-order valence-corrected chi connectivity index (χ2v) is 10.5. The van der Waals surface area contributed by atoms with Gasteiger partial charge in [0.25, 0.3) is 5.97 Å². The maximum absolute atomic E-state index is 13.8. The van der Waals surface area contributed by atoms with Crippen molar-refractivity contribution < 1.29 is 28.6 Å². The quantitative estimate of drug-likeness (QED) is 0.669. The summed E-state index contributed by atoms with van der Waals surface area (Å²) in [6.07, 6.45) is 8.71. The van der Waals surface area contributed by atoms with E-state index in [2.05, 4.69) is 13.8 Å². The van der Waals surface area contributed by atoms with E-state index in [4.69, 9.17) is 14.2 Å². The number of carbonyl (C=O) groups excluding carboxylic acids is 3. The molecule has 1 heterocycles. The van der Waals surface area contributed by atoms with Crippen LogP contribution in [-0.4, -0.2) is 42.1 Å². The molecule has 1 aliphatic heterocycles. The highest BCUT2D eigenvalue weighted by Crippen LogP contribution is 2.67. The predicted octanol–water partition coefficient (Wildman–Crippen LogP) is 3.54. The molecule has 0 unspecified atom stereocenters. The van der Waals surface area contributed by atoms with Gasteiger partial charge in [0.15, 0.2) is 11.6 Å². The van der Waals surface area contributed by atoms with Crippen LogP contribution in [0.1, 0.15) is 59.8 Å². The minimum Gasteiger partial charge on any atom is -0.328 e. The number of hydrogen-bond acceptors (Lipinski definition) is 6. The summed E-state index contributed by atoms with van der Waals surface area (Å²) in [4.78, 5) is 39.0. The van der Waals surface area contributed by atoms with Gasteiger partial charge in [-0.3, -0.25) is 14.4 Å². The summed E-state index contributed by atoms with van der Waals surface area (Å²) in [5.41, 5.74) is -0.981. The largest absolute Gasteiger partial charge is 0.328 e. The van der Waals surface area contributed by atoms with Gasteiger partial charge in [-0.25, -0.2) is 0 Å². The summed E-state index contributed by atoms with van der Waals surface area (Å²) in [7, 11) is 0. The molecule has 6 heteroatoms. The molecule has 0 aromatic heterocycles. The SMILES string of the molecule is CCO[C@]1(C)OCC(=O)[C@]2(CC[C@@H]3[C@@H]4CCC5=CC(=O)C=C[C@]5(C)[C@@H]4C(=O)C[C@@]32C)O1. The van der Waals surface area contributed by atoms with Crippen LogP contribution in [0.15, 0.2) is 23.8 Å². The number of rotatable bonds is 2. The third-order valence-electron chi connectivity index (χ3n) is 9.06. The molecule has 0 amide bonds. The lowest BCUT2D eigenvalue weighted by molar-refractivity contribution is -0.419. The zero-order chi connectivity index (χ0) is 22.2. The smallest absolute Gasteiger partial charge is 0.281 e. The number of fused-ring (bicyclic) bond motifs is 6. The number of ketones is 3. The molecule has 7 atom stereocenters. The Morgan fingerprint density at radius 1 is 1.16 bits per heavy atom. The van der Waals surface area contributed by atoms with Gasteiger partial charge >= 0.3 is 0 Å². The first-order valence-corrected chi connectivity index (χ1v) is 11.6. The normalized spacial score (nSPS) is 49.0. The van der Waals surface area contributed by atoms with E-state index in [1.807, 2.05) is 13.0 Å². The monoisotopic (exact) mass is 428 g/mol. The molecule has 1 spiro atoms. The van der Waals surface area contributed by atoms with Crippen LogP contribution < -0.4 is 0 Å². The number of Topliss-reactive ketones (excluding diaryl/α,β-unsaturated/α-hetero) is 2. The number of ether oxygens (including phenoxy) is 3. The second kappa shape index (κ2) is 6.69. The van der Waals surface area contributed by atoms with Crippen LogP contribution in [0.2, 0.25) is 0 Å². The first-order chi connectivity index (χ1) is 14.6. The van der Waals surface area contributed by atoms with Crippen LogP contribution in [0.25, 0.3) is 0 Å². The van der Waals surface area contributed by atoms with Crippen molar-refractivity contribution in [2.24, 2.45) is 28.6 Å². The van der Waals surface area contributed by atoms with Gasteiger partial charge in [-0.1, -0.05) is 25.5 Å². The Morgan fingerprint density at radius 2 is 1.94 bits per heavy atom. The highest BCUT2D eigenvalue weighted by Gasteiger charge is 2.71. The molecule has 6 nitrogen and oxygen atoms in total. The van der Waals surface area contributed by atoms with E-state index in [0.29, 0.717) is 19.4 Å². The van der Waals surface area contributed by atoms with Gasteiger partial charge in [0.1, 0.15) is 18.0 Å². The van der Waals surface area contributed by atoms with Crippen LogP contribution in [0, 0.1) is 28.6 Å². The molecule has 4 aliphatic carbocycles. The minimum atomic E-state index is -1.28. The molecule has 0 N–H and O–H groups in total. The van der Waals surface area contributed by atoms with E-state index in [1.54, 1.807) is 19.1 Å². The van der Waals surface area contributed by atoms with E-state index < -0.39 is 22.4 Å². The van der Waals surface area contributed by atoms with Crippen molar-refractivity contribution in [3.8, 4) is 0 Å². The van der Waals surface area contributed by atoms with Gasteiger partial charge in [0.2, 0.25) is 0 Å². The summed E-state index contributed by atoms with van der Waals surface area (Å²) < 4.78 is 17.8. The fourth-order valence-corrected chi connectivity index (χ4v) is 7.69. The maximum atomic E-state index is 13.8. The Balaban J connectivity index is 1.54. The molecule has 0 aromatic rings. The molecule has 0 bridgehead atoms. The average molecular weight is 429 g/mol. The predicted molar refractivity (Wildman–Crippen MR) is 112 cm³/mol. The zero-order valence-corrected chi connectivity index (χ0v) is 18.9. The molecular formula is C25H32O6. The van der Waals surface area contributed by atoms with Crippen LogP contribution >= 0.6 is 0 Å². The highest BCUT2D eigenvalue weighted by molar-refractivity contribution is 6.02. The molecule has 1 saturated heterocycles. The van der Waals surface area contributed by atoms with Gasteiger partial charge in [0, 0.05) is 36.7 Å². The van der Waals surface area contributed by atoms with Crippen molar-refractivity contribution in [1.82, 2.24) is 0 Å². The summed E-state index contributed by atoms with van der Waals surface area (Å²) >= 11 is 0. The van der Waals surface area contributed by atoms with Gasteiger partial charge in [-0.05, 0) is 56.6 Å². The molecule has 5 aliphatic rings. The number of allylic oxidation sites excluding steroid dienone is 4. The van der Waals surface area contributed by atoms with Crippen molar-refractivity contribution >= 4 is 17.3 Å². The van der Waals surface area contributed by atoms with E-state index in [0.717, 1.165) is 24.8 Å². The van der Waals surface area contributed by atoms with Gasteiger partial charge in [0.05, 0.1) is 0 Å². The molecule has 0 radical (unpaired) electrons. The Hall–Kier alpha value is -1.63. The second-order valence-electron chi connectivity index (χ2n) is 10.5. The Kier molecular flexibility index (Phi) is 4.58. The van der Waals surface area contributed by atoms with Crippen molar-refractivity contribution in [1.29, 1.82) is 0 Å². The molecule has 31 heavy (non-hydrogen) atoms. The Morgan fingerprint density at radius 3 is 2.68 bits per heavy atom. The minimum absolute atomic E-state index is 0.00949. The molecular weight excluding hydrogens is 396 g/mol. The first kappa shape index (κ1) is 21.2. The zero-order valence-electron chi connectivity index (χ0n) is 18.9. The number of hydrogen-bond donors (Lipinski definition) is 0. The van der Waals surface area contributed by atoms with E-state index >= 15 is 0 Å². The molecule has 0 aromatic carbocycles. The lowest BCUT2D eigenvalue weighted by Gasteiger charge is -2.58. The van der Waals surface area contributed by atoms with E-state index in [1.165, 1.54) is 0 Å². The van der Waals surface area contributed by atoms with Crippen LogP contribution in [-0.2, 0) is 28.6 Å². The van der Waals surface area contributed by atoms with Crippen molar-refractivity contribution in [2.45, 2.75) is 71.4 Å². The summed E-state index contributed by atoms with van der Waals surface area (Å²) in [5, 5.41) is 0.